The maximum absolute atomic E-state index is 12.8. The number of hydrogen-bond donors (Lipinski definition) is 0. The molecule has 0 aliphatic heterocycles. The first kappa shape index (κ1) is 24.3. The Hall–Kier alpha value is -3.31. The molecule has 0 saturated heterocycles. The van der Waals surface area contributed by atoms with E-state index in [0.29, 0.717) is 0 Å². The van der Waals surface area contributed by atoms with Gasteiger partial charge in [-0.3, -0.25) is 0 Å². The lowest BCUT2D eigenvalue weighted by atomic mass is 10.0. The van der Waals surface area contributed by atoms with Crippen LogP contribution in [0.5, 0.6) is 11.6 Å². The van der Waals surface area contributed by atoms with Gasteiger partial charge in [0.1, 0.15) is 12.4 Å². The van der Waals surface area contributed by atoms with Crippen LogP contribution in [-0.2, 0) is 21.5 Å². The number of benzene rings is 2. The molecule has 0 bridgehead atoms. The normalized spacial score (nSPS) is 11.7. The summed E-state index contributed by atoms with van der Waals surface area (Å²) in [6.45, 7) is 0.135. The molecule has 0 unspecified atom stereocenters. The van der Waals surface area contributed by atoms with Crippen LogP contribution in [0.25, 0.3) is 11.1 Å². The summed E-state index contributed by atoms with van der Waals surface area (Å²) in [6, 6.07) is 14.3. The quantitative estimate of drug-likeness (QED) is 0.256. The molecule has 174 valence electrons. The number of alkyl halides is 3. The zero-order valence-electron chi connectivity index (χ0n) is 16.8. The first-order valence-corrected chi connectivity index (χ1v) is 10.9. The number of halogens is 4. The van der Waals surface area contributed by atoms with Gasteiger partial charge in [0.25, 0.3) is 0 Å². The summed E-state index contributed by atoms with van der Waals surface area (Å²) in [5.74, 6) is -1.58. The van der Waals surface area contributed by atoms with Crippen molar-refractivity contribution in [1.29, 1.82) is 0 Å². The van der Waals surface area contributed by atoms with Gasteiger partial charge in [-0.1, -0.05) is 48.0 Å². The minimum absolute atomic E-state index is 0.132. The molecule has 0 spiro atoms. The Morgan fingerprint density at radius 2 is 1.79 bits per heavy atom. The highest BCUT2D eigenvalue weighted by Crippen LogP contribution is 2.37. The largest absolute Gasteiger partial charge is 0.534 e. The Bertz CT molecular complexity index is 1270. The van der Waals surface area contributed by atoms with Gasteiger partial charge in [0.15, 0.2) is 0 Å². The average molecular weight is 502 g/mol. The molecule has 12 heteroatoms. The first-order chi connectivity index (χ1) is 15.5. The summed E-state index contributed by atoms with van der Waals surface area (Å²) in [6.07, 6.45) is 0.833. The molecule has 7 nitrogen and oxygen atoms in total. The molecule has 1 heterocycles. The van der Waals surface area contributed by atoms with Gasteiger partial charge in [0.2, 0.25) is 5.88 Å². The predicted molar refractivity (Wildman–Crippen MR) is 112 cm³/mol. The summed E-state index contributed by atoms with van der Waals surface area (Å²) in [5, 5.41) is 0.192. The van der Waals surface area contributed by atoms with Crippen molar-refractivity contribution in [2.24, 2.45) is 0 Å². The molecule has 0 radical (unpaired) electrons. The number of ether oxygens (including phenoxy) is 2. The van der Waals surface area contributed by atoms with Crippen molar-refractivity contribution in [3.63, 3.8) is 0 Å². The van der Waals surface area contributed by atoms with E-state index in [-0.39, 0.29) is 34.1 Å². The van der Waals surface area contributed by atoms with Crippen LogP contribution < -0.4 is 8.92 Å². The van der Waals surface area contributed by atoms with Crippen molar-refractivity contribution in [3.8, 4) is 22.8 Å². The van der Waals surface area contributed by atoms with Gasteiger partial charge in [-0.15, -0.1) is 0 Å². The van der Waals surface area contributed by atoms with Crippen LogP contribution in [0, 0.1) is 0 Å². The summed E-state index contributed by atoms with van der Waals surface area (Å²) in [5.41, 5.74) is -5.10. The monoisotopic (exact) mass is 501 g/mol. The molecule has 3 rings (SSSR count). The Morgan fingerprint density at radius 1 is 1.09 bits per heavy atom. The molecule has 1 aromatic heterocycles. The van der Waals surface area contributed by atoms with Crippen LogP contribution in [-0.4, -0.2) is 32.0 Å². The Balaban J connectivity index is 2.04. The van der Waals surface area contributed by atoms with Crippen LogP contribution in [0.1, 0.15) is 15.9 Å². The smallest absolute Gasteiger partial charge is 0.487 e. The van der Waals surface area contributed by atoms with Gasteiger partial charge in [-0.25, -0.2) is 9.78 Å². The van der Waals surface area contributed by atoms with Gasteiger partial charge in [-0.2, -0.15) is 21.6 Å². The number of carbonyl (C=O) groups is 1. The van der Waals surface area contributed by atoms with Gasteiger partial charge < -0.3 is 13.7 Å². The second-order valence-corrected chi connectivity index (χ2v) is 8.42. The van der Waals surface area contributed by atoms with E-state index in [1.54, 1.807) is 0 Å². The number of esters is 1. The van der Waals surface area contributed by atoms with Gasteiger partial charge in [0.05, 0.1) is 17.7 Å². The number of aromatic nitrogens is 1. The van der Waals surface area contributed by atoms with E-state index < -0.39 is 27.5 Å². The number of pyridine rings is 1. The van der Waals surface area contributed by atoms with E-state index in [2.05, 4.69) is 13.9 Å². The molecule has 0 saturated carbocycles. The standard InChI is InChI=1S/C21H15ClF3NO6S/c1-30-20(27)15-9-16(19(26-11-15)32-33(28,29)21(23,24)25)14-7-8-17(22)18(10-14)31-12-13-5-3-2-4-6-13/h2-11H,12H2,1H3. The van der Waals surface area contributed by atoms with Gasteiger partial charge in [0, 0.05) is 11.8 Å². The van der Waals surface area contributed by atoms with Crippen LogP contribution >= 0.6 is 11.6 Å². The zero-order chi connectivity index (χ0) is 24.2. The van der Waals surface area contributed by atoms with Crippen molar-refractivity contribution in [2.45, 2.75) is 12.1 Å². The third-order valence-corrected chi connectivity index (χ3v) is 5.48. The summed E-state index contributed by atoms with van der Waals surface area (Å²) in [7, 11) is -4.92. The minimum Gasteiger partial charge on any atom is -0.487 e. The fraction of sp³-hybridized carbons (Fsp3) is 0.143. The maximum atomic E-state index is 12.8. The van der Waals surface area contributed by atoms with Crippen LogP contribution in [0.3, 0.4) is 0 Å². The van der Waals surface area contributed by atoms with E-state index >= 15 is 0 Å². The average Bonchev–Trinajstić information content (AvgIpc) is 2.78. The second kappa shape index (κ2) is 9.67. The van der Waals surface area contributed by atoms with Crippen LogP contribution in [0.2, 0.25) is 5.02 Å². The Kier molecular flexibility index (Phi) is 7.13. The van der Waals surface area contributed by atoms with Gasteiger partial charge in [-0.05, 0) is 29.3 Å². The van der Waals surface area contributed by atoms with E-state index in [1.165, 1.54) is 18.2 Å². The number of rotatable bonds is 7. The van der Waals surface area contributed by atoms with Crippen molar-refractivity contribution in [3.05, 3.63) is 76.9 Å². The number of hydrogen-bond acceptors (Lipinski definition) is 7. The topological polar surface area (TPSA) is 91.8 Å². The third kappa shape index (κ3) is 5.74. The lowest BCUT2D eigenvalue weighted by Gasteiger charge is -2.14. The zero-order valence-corrected chi connectivity index (χ0v) is 18.4. The highest BCUT2D eigenvalue weighted by molar-refractivity contribution is 7.88. The number of methoxy groups -OCH3 is 1. The molecule has 33 heavy (non-hydrogen) atoms. The molecule has 2 aromatic carbocycles. The molecule has 0 fully saturated rings. The van der Waals surface area contributed by atoms with Crippen molar-refractivity contribution < 1.29 is 40.0 Å². The predicted octanol–water partition coefficient (Wildman–Crippen LogP) is 5.00. The van der Waals surface area contributed by atoms with Crippen molar-refractivity contribution in [1.82, 2.24) is 4.98 Å². The van der Waals surface area contributed by atoms with E-state index in [9.17, 15) is 26.4 Å². The molecule has 0 aliphatic carbocycles. The molecule has 0 amide bonds. The Morgan fingerprint density at radius 3 is 2.42 bits per heavy atom. The SMILES string of the molecule is COC(=O)c1cnc(OS(=O)(=O)C(F)(F)F)c(-c2ccc(Cl)c(OCc3ccccc3)c2)c1. The lowest BCUT2D eigenvalue weighted by Crippen LogP contribution is -2.28. The highest BCUT2D eigenvalue weighted by Gasteiger charge is 2.49. The lowest BCUT2D eigenvalue weighted by molar-refractivity contribution is -0.0501. The number of carbonyl (C=O) groups excluding carboxylic acids is 1. The summed E-state index contributed by atoms with van der Waals surface area (Å²) in [4.78, 5) is 15.5. The van der Waals surface area contributed by atoms with Crippen LogP contribution in [0.4, 0.5) is 13.2 Å². The summed E-state index contributed by atoms with van der Waals surface area (Å²) >= 11 is 6.17. The summed E-state index contributed by atoms with van der Waals surface area (Å²) < 4.78 is 76.1. The molecule has 0 aliphatic rings. The van der Waals surface area contributed by atoms with Crippen molar-refractivity contribution >= 4 is 27.7 Å². The minimum atomic E-state index is -6.02. The molecule has 3 aromatic rings. The van der Waals surface area contributed by atoms with Crippen LogP contribution in [0.15, 0.2) is 60.8 Å². The van der Waals surface area contributed by atoms with Gasteiger partial charge >= 0.3 is 21.6 Å². The van der Waals surface area contributed by atoms with Crippen molar-refractivity contribution in [2.75, 3.05) is 7.11 Å². The van der Waals surface area contributed by atoms with E-state index in [1.807, 2.05) is 30.3 Å². The number of nitrogens with zero attached hydrogens (tertiary/aromatic N) is 1. The van der Waals surface area contributed by atoms with E-state index in [0.717, 1.165) is 24.9 Å². The Labute approximate surface area is 191 Å². The van der Waals surface area contributed by atoms with E-state index in [4.69, 9.17) is 16.3 Å². The molecular formula is C21H15ClF3NO6S. The second-order valence-electron chi connectivity index (χ2n) is 6.47. The molecular weight excluding hydrogens is 487 g/mol. The highest BCUT2D eigenvalue weighted by atomic mass is 35.5. The molecule has 0 N–H and O–H groups in total. The molecule has 0 atom stereocenters. The maximum Gasteiger partial charge on any atom is 0.534 e. The third-order valence-electron chi connectivity index (χ3n) is 4.22. The first-order valence-electron chi connectivity index (χ1n) is 9.07. The fourth-order valence-electron chi connectivity index (χ4n) is 2.62. The fourth-order valence-corrected chi connectivity index (χ4v) is 3.23.